The van der Waals surface area contributed by atoms with Gasteiger partial charge in [0.25, 0.3) is 11.6 Å². The highest BCUT2D eigenvalue weighted by molar-refractivity contribution is 6.01. The number of nitriles is 1. The van der Waals surface area contributed by atoms with E-state index in [2.05, 4.69) is 5.32 Å². The molecule has 0 unspecified atom stereocenters. The maximum Gasteiger partial charge on any atom is 0.266 e. The highest BCUT2D eigenvalue weighted by atomic mass is 16.6. The third kappa shape index (κ3) is 5.78. The number of methoxy groups -OCH3 is 1. The highest BCUT2D eigenvalue weighted by Crippen LogP contribution is 2.35. The molecule has 1 aromatic carbocycles. The number of ether oxygens (including phenoxy) is 2. The molecule has 1 rings (SSSR count). The van der Waals surface area contributed by atoms with Gasteiger partial charge in [-0.05, 0) is 31.1 Å². The maximum absolute atomic E-state index is 12.0. The minimum Gasteiger partial charge on any atom is -0.865 e. The van der Waals surface area contributed by atoms with Crippen molar-refractivity contribution in [3.05, 3.63) is 33.4 Å². The second-order valence-electron chi connectivity index (χ2n) is 4.80. The second kappa shape index (κ2) is 9.89. The number of carbonyl (C=O) groups is 1. The molecule has 9 heteroatoms. The molecule has 0 aliphatic carbocycles. The fraction of sp³-hybridized carbons (Fsp3) is 0.375. The predicted octanol–water partition coefficient (Wildman–Crippen LogP) is 1.13. The first-order valence-electron chi connectivity index (χ1n) is 7.45. The third-order valence-electron chi connectivity index (χ3n) is 3.11. The molecule has 0 aromatic heterocycles. The van der Waals surface area contributed by atoms with Crippen molar-refractivity contribution in [3.63, 3.8) is 0 Å². The van der Waals surface area contributed by atoms with Crippen LogP contribution in [0.25, 0.3) is 6.08 Å². The molecule has 1 amide bonds. The lowest BCUT2D eigenvalue weighted by Gasteiger charge is -2.13. The number of amides is 1. The predicted molar refractivity (Wildman–Crippen MR) is 86.8 cm³/mol. The number of carbonyl (C=O) groups excluding carboxylic acids is 1. The van der Waals surface area contributed by atoms with Gasteiger partial charge in [-0.3, -0.25) is 14.9 Å². The fourth-order valence-corrected chi connectivity index (χ4v) is 1.91. The molecule has 25 heavy (non-hydrogen) atoms. The number of benzene rings is 1. The van der Waals surface area contributed by atoms with Gasteiger partial charge in [0.05, 0.1) is 12.0 Å². The van der Waals surface area contributed by atoms with Crippen molar-refractivity contribution in [1.82, 2.24) is 5.32 Å². The van der Waals surface area contributed by atoms with E-state index >= 15 is 0 Å². The van der Waals surface area contributed by atoms with Crippen LogP contribution in [0.2, 0.25) is 0 Å². The molecule has 0 aliphatic rings. The first-order valence-corrected chi connectivity index (χ1v) is 7.45. The van der Waals surface area contributed by atoms with Gasteiger partial charge < -0.3 is 19.9 Å². The number of rotatable bonds is 9. The van der Waals surface area contributed by atoms with Crippen LogP contribution >= 0.6 is 0 Å². The average Bonchev–Trinajstić information content (AvgIpc) is 2.59. The first-order chi connectivity index (χ1) is 11.9. The van der Waals surface area contributed by atoms with Crippen LogP contribution in [0, 0.1) is 21.4 Å². The summed E-state index contributed by atoms with van der Waals surface area (Å²) in [5, 5.41) is 34.4. The van der Waals surface area contributed by atoms with Crippen LogP contribution in [0.15, 0.2) is 17.7 Å². The van der Waals surface area contributed by atoms with Crippen molar-refractivity contribution < 1.29 is 24.3 Å². The molecule has 0 bridgehead atoms. The lowest BCUT2D eigenvalue weighted by molar-refractivity contribution is -0.398. The first kappa shape index (κ1) is 19.9. The number of nitrogens with one attached hydrogen (secondary N) is 1. The quantitative estimate of drug-likeness (QED) is 0.232. The molecule has 0 fully saturated rings. The van der Waals surface area contributed by atoms with E-state index in [1.165, 1.54) is 13.2 Å². The zero-order valence-electron chi connectivity index (χ0n) is 13.9. The Morgan fingerprint density at radius 1 is 1.48 bits per heavy atom. The zero-order chi connectivity index (χ0) is 18.8. The SMILES string of the molecule is CCOCCCNC(=O)/C(C#N)=C/c1cc(OC)c([O-])c([N+](=O)[O-])c1. The molecular formula is C16H18N3O6-. The minimum absolute atomic E-state index is 0.143. The zero-order valence-corrected chi connectivity index (χ0v) is 13.9. The fourth-order valence-electron chi connectivity index (χ4n) is 1.91. The number of nitro benzene ring substituents is 1. The van der Waals surface area contributed by atoms with Gasteiger partial charge in [0.1, 0.15) is 17.4 Å². The Hall–Kier alpha value is -3.12. The van der Waals surface area contributed by atoms with Crippen molar-refractivity contribution in [2.24, 2.45) is 0 Å². The van der Waals surface area contributed by atoms with E-state index in [-0.39, 0.29) is 16.9 Å². The molecule has 9 nitrogen and oxygen atoms in total. The van der Waals surface area contributed by atoms with Gasteiger partial charge in [0, 0.05) is 31.6 Å². The molecule has 0 saturated carbocycles. The summed E-state index contributed by atoms with van der Waals surface area (Å²) in [5.74, 6) is -1.73. The van der Waals surface area contributed by atoms with Gasteiger partial charge in [-0.25, -0.2) is 0 Å². The minimum atomic E-state index is -0.872. The van der Waals surface area contributed by atoms with Crippen molar-refractivity contribution in [2.45, 2.75) is 13.3 Å². The van der Waals surface area contributed by atoms with Gasteiger partial charge in [-0.2, -0.15) is 5.26 Å². The molecule has 0 saturated heterocycles. The van der Waals surface area contributed by atoms with Crippen LogP contribution in [0.1, 0.15) is 18.9 Å². The number of hydrogen-bond donors (Lipinski definition) is 1. The van der Waals surface area contributed by atoms with Crippen LogP contribution < -0.4 is 15.2 Å². The van der Waals surface area contributed by atoms with E-state index < -0.39 is 22.3 Å². The number of hydrogen-bond acceptors (Lipinski definition) is 7. The van der Waals surface area contributed by atoms with Crippen LogP contribution in [0.3, 0.4) is 0 Å². The lowest BCUT2D eigenvalue weighted by Crippen LogP contribution is -2.26. The molecular weight excluding hydrogens is 330 g/mol. The Morgan fingerprint density at radius 2 is 2.20 bits per heavy atom. The molecule has 1 N–H and O–H groups in total. The Morgan fingerprint density at radius 3 is 2.76 bits per heavy atom. The van der Waals surface area contributed by atoms with Gasteiger partial charge in [-0.1, -0.05) is 0 Å². The third-order valence-corrected chi connectivity index (χ3v) is 3.11. The Balaban J connectivity index is 2.98. The van der Waals surface area contributed by atoms with Crippen LogP contribution in [0.4, 0.5) is 5.69 Å². The molecule has 0 spiro atoms. The Labute approximate surface area is 144 Å². The highest BCUT2D eigenvalue weighted by Gasteiger charge is 2.15. The molecule has 0 atom stereocenters. The summed E-state index contributed by atoms with van der Waals surface area (Å²) in [4.78, 5) is 22.1. The summed E-state index contributed by atoms with van der Waals surface area (Å²) in [6, 6.07) is 3.95. The lowest BCUT2D eigenvalue weighted by atomic mass is 10.1. The molecule has 0 radical (unpaired) electrons. The summed E-state index contributed by atoms with van der Waals surface area (Å²) in [5.41, 5.74) is -0.796. The van der Waals surface area contributed by atoms with E-state index in [0.29, 0.717) is 26.2 Å². The molecule has 134 valence electrons. The van der Waals surface area contributed by atoms with Crippen molar-refractivity contribution >= 4 is 17.7 Å². The van der Waals surface area contributed by atoms with Crippen molar-refractivity contribution in [2.75, 3.05) is 26.9 Å². The van der Waals surface area contributed by atoms with Gasteiger partial charge in [0.15, 0.2) is 0 Å². The summed E-state index contributed by atoms with van der Waals surface area (Å²) in [7, 11) is 1.20. The molecule has 0 heterocycles. The Bertz CT molecular complexity index is 709. The standard InChI is InChI=1S/C16H19N3O6/c1-3-25-6-4-5-18-16(21)12(10-17)7-11-8-13(19(22)23)15(20)14(9-11)24-2/h7-9,20H,3-6H2,1-2H3,(H,18,21)/p-1/b12-7+. The van der Waals surface area contributed by atoms with Crippen LogP contribution in [-0.2, 0) is 9.53 Å². The number of nitro groups is 1. The van der Waals surface area contributed by atoms with Gasteiger partial charge >= 0.3 is 0 Å². The van der Waals surface area contributed by atoms with Gasteiger partial charge in [-0.15, -0.1) is 0 Å². The van der Waals surface area contributed by atoms with E-state index in [1.54, 1.807) is 6.07 Å². The summed E-state index contributed by atoms with van der Waals surface area (Å²) in [6.07, 6.45) is 1.75. The van der Waals surface area contributed by atoms with E-state index in [4.69, 9.17) is 14.7 Å². The van der Waals surface area contributed by atoms with Crippen LogP contribution in [-0.4, -0.2) is 37.7 Å². The maximum atomic E-state index is 12.0. The smallest absolute Gasteiger partial charge is 0.266 e. The van der Waals surface area contributed by atoms with E-state index in [9.17, 15) is 20.0 Å². The monoisotopic (exact) mass is 348 g/mol. The summed E-state index contributed by atoms with van der Waals surface area (Å²) >= 11 is 0. The number of nitrogens with zero attached hydrogens (tertiary/aromatic N) is 2. The topological polar surface area (TPSA) is 138 Å². The second-order valence-corrected chi connectivity index (χ2v) is 4.80. The van der Waals surface area contributed by atoms with Crippen molar-refractivity contribution in [3.8, 4) is 17.6 Å². The largest absolute Gasteiger partial charge is 0.865 e. The summed E-state index contributed by atoms with van der Waals surface area (Å²) < 4.78 is 9.94. The molecule has 0 aliphatic heterocycles. The van der Waals surface area contributed by atoms with Gasteiger partial charge in [0.2, 0.25) is 0 Å². The average molecular weight is 348 g/mol. The summed E-state index contributed by atoms with van der Waals surface area (Å²) in [6.45, 7) is 3.24. The van der Waals surface area contributed by atoms with E-state index in [1.807, 2.05) is 6.92 Å². The van der Waals surface area contributed by atoms with Crippen molar-refractivity contribution in [1.29, 1.82) is 5.26 Å². The Kier molecular flexibility index (Phi) is 7.89. The van der Waals surface area contributed by atoms with Crippen LogP contribution in [0.5, 0.6) is 11.5 Å². The normalized spacial score (nSPS) is 10.8. The van der Waals surface area contributed by atoms with E-state index in [0.717, 1.165) is 12.1 Å². The molecule has 1 aromatic rings.